The SMILES string of the molecule is CC(C)C(C)C.CC(C)C(C)C(C)C.CC(C)CC(C)C.CCC(C)(C)C(C)C.CCC(C)C(C)C.CCC(C)CC(C)C.CCC(CC)C(C)C.CCCC(C)C(C)C. The van der Waals surface area contributed by atoms with E-state index in [2.05, 4.69) is 235 Å². The van der Waals surface area contributed by atoms with Gasteiger partial charge in [0.1, 0.15) is 0 Å². The lowest BCUT2D eigenvalue weighted by atomic mass is 9.79. The van der Waals surface area contributed by atoms with Gasteiger partial charge in [-0.25, -0.2) is 0 Å². The van der Waals surface area contributed by atoms with Crippen LogP contribution in [0.2, 0.25) is 0 Å². The molecule has 0 aliphatic heterocycles. The van der Waals surface area contributed by atoms with Gasteiger partial charge in [0.15, 0.2) is 0 Å². The molecule has 3 atom stereocenters. The zero-order valence-corrected chi connectivity index (χ0v) is 50.1. The van der Waals surface area contributed by atoms with E-state index in [0.717, 1.165) is 94.7 Å². The van der Waals surface area contributed by atoms with Crippen molar-refractivity contribution in [2.45, 2.75) is 293 Å². The van der Waals surface area contributed by atoms with Gasteiger partial charge in [-0.05, 0) is 113 Å². The summed E-state index contributed by atoms with van der Waals surface area (Å²) in [5.41, 5.74) is 0.542. The van der Waals surface area contributed by atoms with Gasteiger partial charge in [-0.1, -0.05) is 280 Å². The molecule has 0 radical (unpaired) electrons. The van der Waals surface area contributed by atoms with E-state index in [9.17, 15) is 0 Å². The molecule has 0 aliphatic rings. The highest BCUT2D eigenvalue weighted by Crippen LogP contribution is 2.29. The third-order valence-corrected chi connectivity index (χ3v) is 14.1. The van der Waals surface area contributed by atoms with Crippen LogP contribution in [0.15, 0.2) is 0 Å². The average Bonchev–Trinajstić information content (AvgIpc) is 3.12. The Labute approximate surface area is 391 Å². The summed E-state index contributed by atoms with van der Waals surface area (Å²) in [6.45, 7) is 77.4. The fourth-order valence-corrected chi connectivity index (χ4v) is 5.58. The first kappa shape index (κ1) is 77.2. The van der Waals surface area contributed by atoms with Crippen LogP contribution in [0.5, 0.6) is 0 Å². The minimum atomic E-state index is 0.542. The fourth-order valence-electron chi connectivity index (χ4n) is 5.58. The van der Waals surface area contributed by atoms with Crippen LogP contribution in [0.4, 0.5) is 0 Å². The highest BCUT2D eigenvalue weighted by atomic mass is 14.2. The third-order valence-electron chi connectivity index (χ3n) is 14.1. The Bertz CT molecular complexity index is 695. The van der Waals surface area contributed by atoms with E-state index >= 15 is 0 Å². The second kappa shape index (κ2) is 50.0. The first-order chi connectivity index (χ1) is 27.1. The summed E-state index contributed by atoms with van der Waals surface area (Å²) in [5, 5.41) is 0. The third kappa shape index (κ3) is 69.7. The topological polar surface area (TPSA) is 0 Å². The lowest BCUT2D eigenvalue weighted by molar-refractivity contribution is 0.240. The Morgan fingerprint density at radius 1 is 0.333 bits per heavy atom. The van der Waals surface area contributed by atoms with E-state index in [0.29, 0.717) is 5.41 Å². The van der Waals surface area contributed by atoms with Crippen LogP contribution in [-0.4, -0.2) is 0 Å². The van der Waals surface area contributed by atoms with Crippen molar-refractivity contribution < 1.29 is 0 Å². The van der Waals surface area contributed by atoms with Crippen molar-refractivity contribution in [1.82, 2.24) is 0 Å². The van der Waals surface area contributed by atoms with E-state index in [1.165, 1.54) is 57.8 Å². The summed E-state index contributed by atoms with van der Waals surface area (Å²) < 4.78 is 0. The average molecular weight is 858 g/mol. The zero-order valence-electron chi connectivity index (χ0n) is 50.1. The standard InChI is InChI=1S/5C8H18.2C7H16.C6H14/c1-6-8(4,5)7(2)3;1-6(2)8(5)7(3)4;1-5-8(4)6-7(2)3;1-5-6-8(4)7(2)3;1-5-8(6-2)7(3)4;1-6(2)5-7(3)4;1-5-7(4)6(2)3;1-5(2)6(3)4/h7H,6H2,1-5H3;6-8H,1-5H3;3*7-8H,5-6H2,1-4H3;2*6-7H,5H2,1-4H3;5-6H,1-4H3. The number of rotatable bonds is 18. The van der Waals surface area contributed by atoms with Crippen LogP contribution in [0.1, 0.15) is 293 Å². The summed E-state index contributed by atoms with van der Waals surface area (Å²) in [6, 6.07) is 0. The summed E-state index contributed by atoms with van der Waals surface area (Å²) >= 11 is 0. The van der Waals surface area contributed by atoms with Gasteiger partial charge >= 0.3 is 0 Å². The van der Waals surface area contributed by atoms with Crippen molar-refractivity contribution in [3.05, 3.63) is 0 Å². The molecule has 0 N–H and O–H groups in total. The van der Waals surface area contributed by atoms with Gasteiger partial charge in [0.2, 0.25) is 0 Å². The Hall–Kier alpha value is 0. The predicted octanol–water partition coefficient (Wildman–Crippen LogP) is 22.9. The molecule has 60 heavy (non-hydrogen) atoms. The highest BCUT2D eigenvalue weighted by Gasteiger charge is 2.18. The van der Waals surface area contributed by atoms with Crippen LogP contribution in [-0.2, 0) is 0 Å². The van der Waals surface area contributed by atoms with Crippen LogP contribution in [0, 0.1) is 100 Å². The molecule has 0 aliphatic carbocycles. The molecule has 3 unspecified atom stereocenters. The highest BCUT2D eigenvalue weighted by molar-refractivity contribution is 4.69. The molecule has 0 aromatic heterocycles. The summed E-state index contributed by atoms with van der Waals surface area (Å²) in [7, 11) is 0. The molecule has 0 heteroatoms. The Balaban J connectivity index is -0.0000000860. The largest absolute Gasteiger partial charge is 0.0654 e. The van der Waals surface area contributed by atoms with E-state index in [1.807, 2.05) is 0 Å². The molecule has 0 rings (SSSR count). The second-order valence-electron chi connectivity index (χ2n) is 24.0. The molecule has 0 aromatic carbocycles. The normalized spacial score (nSPS) is 12.8. The number of hydrogen-bond acceptors (Lipinski definition) is 0. The van der Waals surface area contributed by atoms with Gasteiger partial charge in [0.05, 0.1) is 0 Å². The molecular formula is C60H136. The molecule has 0 spiro atoms. The maximum Gasteiger partial charge on any atom is -0.0334 e. The Morgan fingerprint density at radius 3 is 0.700 bits per heavy atom. The molecule has 0 heterocycles. The molecule has 376 valence electrons. The van der Waals surface area contributed by atoms with Gasteiger partial charge in [0.25, 0.3) is 0 Å². The fraction of sp³-hybridized carbons (Fsp3) is 1.00. The van der Waals surface area contributed by atoms with Gasteiger partial charge in [-0.3, -0.25) is 0 Å². The Kier molecular flexibility index (Phi) is 64.4. The van der Waals surface area contributed by atoms with E-state index in [4.69, 9.17) is 0 Å². The van der Waals surface area contributed by atoms with E-state index in [1.54, 1.807) is 0 Å². The zero-order chi connectivity index (χ0) is 50.1. The first-order valence-corrected chi connectivity index (χ1v) is 27.1. The van der Waals surface area contributed by atoms with Crippen molar-refractivity contribution in [3.63, 3.8) is 0 Å². The molecular weight excluding hydrogens is 721 g/mol. The maximum atomic E-state index is 2.33. The molecule has 0 saturated carbocycles. The van der Waals surface area contributed by atoms with Crippen LogP contribution < -0.4 is 0 Å². The van der Waals surface area contributed by atoms with E-state index < -0.39 is 0 Å². The molecule has 0 amide bonds. The van der Waals surface area contributed by atoms with Crippen molar-refractivity contribution in [2.24, 2.45) is 100 Å². The van der Waals surface area contributed by atoms with E-state index in [-0.39, 0.29) is 0 Å². The van der Waals surface area contributed by atoms with Crippen LogP contribution in [0.3, 0.4) is 0 Å². The van der Waals surface area contributed by atoms with Crippen LogP contribution >= 0.6 is 0 Å². The summed E-state index contributed by atoms with van der Waals surface area (Å²) in [6.07, 6.45) is 12.1. The van der Waals surface area contributed by atoms with Crippen molar-refractivity contribution in [3.8, 4) is 0 Å². The lowest BCUT2D eigenvalue weighted by Gasteiger charge is -2.27. The van der Waals surface area contributed by atoms with Gasteiger partial charge < -0.3 is 0 Å². The van der Waals surface area contributed by atoms with Gasteiger partial charge in [-0.15, -0.1) is 0 Å². The monoisotopic (exact) mass is 857 g/mol. The van der Waals surface area contributed by atoms with Crippen molar-refractivity contribution >= 4 is 0 Å². The quantitative estimate of drug-likeness (QED) is 0.129. The lowest BCUT2D eigenvalue weighted by Crippen LogP contribution is -2.17. The van der Waals surface area contributed by atoms with Gasteiger partial charge in [0, 0.05) is 0 Å². The molecule has 0 bridgehead atoms. The minimum Gasteiger partial charge on any atom is -0.0654 e. The predicted molar refractivity (Wildman–Crippen MR) is 293 cm³/mol. The molecule has 0 aromatic rings. The summed E-state index contributed by atoms with van der Waals surface area (Å²) in [5.74, 6) is 14.0. The summed E-state index contributed by atoms with van der Waals surface area (Å²) in [4.78, 5) is 0. The first-order valence-electron chi connectivity index (χ1n) is 27.1. The second-order valence-corrected chi connectivity index (χ2v) is 24.0. The van der Waals surface area contributed by atoms with Crippen LogP contribution in [0.25, 0.3) is 0 Å². The van der Waals surface area contributed by atoms with Crippen molar-refractivity contribution in [2.75, 3.05) is 0 Å². The maximum absolute atomic E-state index is 2.33. The number of hydrogen-bond donors (Lipinski definition) is 0. The molecule has 0 saturated heterocycles. The Morgan fingerprint density at radius 2 is 0.667 bits per heavy atom. The molecule has 0 fully saturated rings. The van der Waals surface area contributed by atoms with Gasteiger partial charge in [-0.2, -0.15) is 0 Å². The molecule has 0 nitrogen and oxygen atoms in total. The van der Waals surface area contributed by atoms with Crippen molar-refractivity contribution in [1.29, 1.82) is 0 Å². The smallest absolute Gasteiger partial charge is 0.0334 e. The minimum absolute atomic E-state index is 0.542.